The molecule has 2 aliphatic heterocycles. The Labute approximate surface area is 166 Å². The molecule has 0 radical (unpaired) electrons. The summed E-state index contributed by atoms with van der Waals surface area (Å²) in [5.41, 5.74) is 2.87. The fourth-order valence-corrected chi connectivity index (χ4v) is 4.34. The summed E-state index contributed by atoms with van der Waals surface area (Å²) in [5.74, 6) is 0.408. The monoisotopic (exact) mass is 377 g/mol. The van der Waals surface area contributed by atoms with Crippen LogP contribution in [-0.2, 0) is 16.0 Å². The number of amides is 1. The zero-order valence-corrected chi connectivity index (χ0v) is 16.4. The lowest BCUT2D eigenvalue weighted by Crippen LogP contribution is -2.56. The molecule has 0 aromatic heterocycles. The predicted octanol–water partition coefficient (Wildman–Crippen LogP) is 3.14. The summed E-state index contributed by atoms with van der Waals surface area (Å²) >= 11 is 0. The molecule has 0 bridgehead atoms. The van der Waals surface area contributed by atoms with E-state index in [4.69, 9.17) is 0 Å². The fourth-order valence-electron chi connectivity index (χ4n) is 4.34. The van der Waals surface area contributed by atoms with E-state index in [0.717, 1.165) is 42.9 Å². The summed E-state index contributed by atoms with van der Waals surface area (Å²) < 4.78 is 0. The number of hydrogen-bond acceptors (Lipinski definition) is 4. The molecule has 1 N–H and O–H groups in total. The largest absolute Gasteiger partial charge is 0.371 e. The summed E-state index contributed by atoms with van der Waals surface area (Å²) in [6.45, 7) is 4.15. The van der Waals surface area contributed by atoms with Crippen molar-refractivity contribution in [2.75, 3.05) is 29.6 Å². The number of carbonyl (C=O) groups excluding carboxylic acids is 2. The molecule has 5 heteroatoms. The molecule has 146 valence electrons. The number of nitrogens with zero attached hydrogens (tertiary/aromatic N) is 2. The van der Waals surface area contributed by atoms with Crippen LogP contribution in [-0.4, -0.2) is 37.0 Å². The number of piperidine rings is 1. The van der Waals surface area contributed by atoms with Crippen LogP contribution in [0.3, 0.4) is 0 Å². The topological polar surface area (TPSA) is 52.7 Å². The van der Waals surface area contributed by atoms with Gasteiger partial charge in [-0.15, -0.1) is 0 Å². The standard InChI is InChI=1S/C23H27N3O2/c1-2-21(27)16-18-8-10-19(11-9-18)25-14-12-23(13-15-25)22(28)24-17-26(23)20-6-4-3-5-7-20/h3-11H,2,12-17H2,1H3,(H,24,28). The van der Waals surface area contributed by atoms with Gasteiger partial charge in [0.25, 0.3) is 0 Å². The molecule has 5 nitrogen and oxygen atoms in total. The first-order valence-corrected chi connectivity index (χ1v) is 10.1. The van der Waals surface area contributed by atoms with Gasteiger partial charge in [-0.2, -0.15) is 0 Å². The molecule has 4 rings (SSSR count). The van der Waals surface area contributed by atoms with Gasteiger partial charge in [0.05, 0.1) is 6.67 Å². The first-order chi connectivity index (χ1) is 13.6. The van der Waals surface area contributed by atoms with Gasteiger partial charge in [-0.3, -0.25) is 9.59 Å². The number of carbonyl (C=O) groups is 2. The highest BCUT2D eigenvalue weighted by molar-refractivity contribution is 5.93. The normalized spacial score (nSPS) is 18.4. The molecular weight excluding hydrogens is 350 g/mol. The van der Waals surface area contributed by atoms with E-state index in [-0.39, 0.29) is 11.7 Å². The van der Waals surface area contributed by atoms with Crippen molar-refractivity contribution in [1.82, 2.24) is 5.32 Å². The van der Waals surface area contributed by atoms with Crippen LogP contribution in [0.4, 0.5) is 11.4 Å². The number of rotatable bonds is 5. The number of para-hydroxylation sites is 1. The summed E-state index contributed by atoms with van der Waals surface area (Å²) in [6.07, 6.45) is 2.68. The Morgan fingerprint density at radius 2 is 1.68 bits per heavy atom. The van der Waals surface area contributed by atoms with Crippen molar-refractivity contribution in [3.63, 3.8) is 0 Å². The van der Waals surface area contributed by atoms with E-state index in [1.807, 2.05) is 37.3 Å². The van der Waals surface area contributed by atoms with Gasteiger partial charge in [-0.25, -0.2) is 0 Å². The minimum Gasteiger partial charge on any atom is -0.371 e. The van der Waals surface area contributed by atoms with E-state index in [1.54, 1.807) is 0 Å². The molecule has 0 atom stereocenters. The van der Waals surface area contributed by atoms with E-state index in [9.17, 15) is 9.59 Å². The van der Waals surface area contributed by atoms with Crippen molar-refractivity contribution >= 4 is 23.1 Å². The third-order valence-electron chi connectivity index (χ3n) is 6.09. The molecule has 2 aromatic rings. The molecular formula is C23H27N3O2. The van der Waals surface area contributed by atoms with Crippen molar-refractivity contribution in [2.45, 2.75) is 38.1 Å². The maximum absolute atomic E-state index is 12.8. The Hall–Kier alpha value is -2.82. The molecule has 1 amide bonds. The van der Waals surface area contributed by atoms with Crippen LogP contribution in [0.25, 0.3) is 0 Å². The molecule has 2 saturated heterocycles. The first-order valence-electron chi connectivity index (χ1n) is 10.1. The average Bonchev–Trinajstić information content (AvgIpc) is 3.05. The third kappa shape index (κ3) is 3.37. The zero-order chi connectivity index (χ0) is 19.6. The Morgan fingerprint density at radius 3 is 2.32 bits per heavy atom. The molecule has 1 spiro atoms. The van der Waals surface area contributed by atoms with Crippen LogP contribution in [0.2, 0.25) is 0 Å². The van der Waals surface area contributed by atoms with Gasteiger partial charge in [0.1, 0.15) is 11.3 Å². The number of anilines is 2. The Morgan fingerprint density at radius 1 is 1.00 bits per heavy atom. The van der Waals surface area contributed by atoms with Crippen molar-refractivity contribution in [3.05, 3.63) is 60.2 Å². The molecule has 0 aliphatic carbocycles. The van der Waals surface area contributed by atoms with Crippen LogP contribution in [0.5, 0.6) is 0 Å². The van der Waals surface area contributed by atoms with E-state index >= 15 is 0 Å². The average molecular weight is 377 g/mol. The molecule has 2 aromatic carbocycles. The van der Waals surface area contributed by atoms with Crippen molar-refractivity contribution in [3.8, 4) is 0 Å². The fraction of sp³-hybridized carbons (Fsp3) is 0.391. The van der Waals surface area contributed by atoms with Gasteiger partial charge in [0.15, 0.2) is 0 Å². The van der Waals surface area contributed by atoms with Gasteiger partial charge in [-0.05, 0) is 42.7 Å². The Bertz CT molecular complexity index is 840. The number of hydrogen-bond donors (Lipinski definition) is 1. The molecule has 28 heavy (non-hydrogen) atoms. The molecule has 2 heterocycles. The second-order valence-corrected chi connectivity index (χ2v) is 7.68. The second kappa shape index (κ2) is 7.66. The molecule has 0 saturated carbocycles. The minimum atomic E-state index is -0.453. The number of Topliss-reactive ketones (excluding diaryl/α,β-unsaturated/α-hetero) is 1. The van der Waals surface area contributed by atoms with Crippen LogP contribution in [0.15, 0.2) is 54.6 Å². The van der Waals surface area contributed by atoms with Crippen LogP contribution >= 0.6 is 0 Å². The Kier molecular flexibility index (Phi) is 5.07. The van der Waals surface area contributed by atoms with E-state index in [0.29, 0.717) is 19.5 Å². The lowest BCUT2D eigenvalue weighted by Gasteiger charge is -2.44. The summed E-state index contributed by atoms with van der Waals surface area (Å²) in [4.78, 5) is 29.0. The minimum absolute atomic E-state index is 0.143. The molecule has 2 aliphatic rings. The van der Waals surface area contributed by atoms with E-state index < -0.39 is 5.54 Å². The third-order valence-corrected chi connectivity index (χ3v) is 6.09. The number of ketones is 1. The van der Waals surface area contributed by atoms with Gasteiger partial charge < -0.3 is 15.1 Å². The van der Waals surface area contributed by atoms with Crippen LogP contribution in [0.1, 0.15) is 31.7 Å². The maximum Gasteiger partial charge on any atom is 0.247 e. The Balaban J connectivity index is 1.46. The van der Waals surface area contributed by atoms with Crippen LogP contribution < -0.4 is 15.1 Å². The summed E-state index contributed by atoms with van der Waals surface area (Å²) in [6, 6.07) is 18.5. The lowest BCUT2D eigenvalue weighted by molar-refractivity contribution is -0.124. The highest BCUT2D eigenvalue weighted by Gasteiger charge is 2.50. The lowest BCUT2D eigenvalue weighted by atomic mass is 9.85. The zero-order valence-electron chi connectivity index (χ0n) is 16.4. The van der Waals surface area contributed by atoms with Gasteiger partial charge in [0.2, 0.25) is 5.91 Å². The summed E-state index contributed by atoms with van der Waals surface area (Å²) in [7, 11) is 0. The quantitative estimate of drug-likeness (QED) is 0.870. The van der Waals surface area contributed by atoms with Crippen LogP contribution in [0, 0.1) is 0 Å². The SMILES string of the molecule is CCC(=O)Cc1ccc(N2CCC3(CC2)C(=O)NCN3c2ccccc2)cc1. The smallest absolute Gasteiger partial charge is 0.247 e. The van der Waals surface area contributed by atoms with Crippen molar-refractivity contribution < 1.29 is 9.59 Å². The number of benzene rings is 2. The highest BCUT2D eigenvalue weighted by atomic mass is 16.2. The number of nitrogens with one attached hydrogen (secondary N) is 1. The van der Waals surface area contributed by atoms with Gasteiger partial charge in [-0.1, -0.05) is 37.3 Å². The highest BCUT2D eigenvalue weighted by Crippen LogP contribution is 2.37. The predicted molar refractivity (Wildman–Crippen MR) is 112 cm³/mol. The second-order valence-electron chi connectivity index (χ2n) is 7.68. The van der Waals surface area contributed by atoms with E-state index in [2.05, 4.69) is 39.4 Å². The van der Waals surface area contributed by atoms with Gasteiger partial charge >= 0.3 is 0 Å². The first kappa shape index (κ1) is 18.5. The van der Waals surface area contributed by atoms with Crippen molar-refractivity contribution in [1.29, 1.82) is 0 Å². The molecule has 0 unspecified atom stereocenters. The van der Waals surface area contributed by atoms with Gasteiger partial charge in [0, 0.05) is 37.3 Å². The maximum atomic E-state index is 12.8. The van der Waals surface area contributed by atoms with Crippen molar-refractivity contribution in [2.24, 2.45) is 0 Å². The van der Waals surface area contributed by atoms with E-state index in [1.165, 1.54) is 0 Å². The molecule has 2 fully saturated rings. The summed E-state index contributed by atoms with van der Waals surface area (Å²) in [5, 5.41) is 3.05.